The van der Waals surface area contributed by atoms with Gasteiger partial charge in [0.05, 0.1) is 0 Å². The zero-order chi connectivity index (χ0) is 20.4. The Morgan fingerprint density at radius 2 is 1.61 bits per heavy atom. The van der Waals surface area contributed by atoms with E-state index in [1.165, 1.54) is 33.1 Å². The summed E-state index contributed by atoms with van der Waals surface area (Å²) in [7, 11) is 0. The van der Waals surface area contributed by atoms with Gasteiger partial charge in [-0.05, 0) is 69.1 Å². The van der Waals surface area contributed by atoms with Crippen LogP contribution < -0.4 is 5.32 Å². The van der Waals surface area contributed by atoms with E-state index in [0.717, 1.165) is 5.56 Å². The fourth-order valence-electron chi connectivity index (χ4n) is 3.48. The monoisotopic (exact) mass is 383 g/mol. The van der Waals surface area contributed by atoms with Gasteiger partial charge in [-0.3, -0.25) is 4.79 Å². The maximum absolute atomic E-state index is 12.1. The highest BCUT2D eigenvalue weighted by molar-refractivity contribution is 5.79. The van der Waals surface area contributed by atoms with Gasteiger partial charge in [-0.15, -0.1) is 0 Å². The first kappa shape index (κ1) is 22.1. The summed E-state index contributed by atoms with van der Waals surface area (Å²) < 4.78 is 0. The van der Waals surface area contributed by atoms with Crippen LogP contribution in [0, 0.1) is 5.92 Å². The largest absolute Gasteiger partial charge is 0.396 e. The lowest BCUT2D eigenvalue weighted by atomic mass is 9.93. The Labute approximate surface area is 168 Å². The number of hydrogen-bond donors (Lipinski definition) is 3. The van der Waals surface area contributed by atoms with Crippen molar-refractivity contribution in [3.8, 4) is 0 Å². The van der Waals surface area contributed by atoms with Crippen molar-refractivity contribution in [1.82, 2.24) is 5.32 Å². The number of carbonyl (C=O) groups is 1. The summed E-state index contributed by atoms with van der Waals surface area (Å²) in [5.41, 5.74) is 3.00. The minimum Gasteiger partial charge on any atom is -0.396 e. The average Bonchev–Trinajstić information content (AvgIpc) is 3.14. The molecular weight excluding hydrogens is 350 g/mol. The molecule has 0 radical (unpaired) electrons. The smallest absolute Gasteiger partial charge is 0.225 e. The molecule has 3 N–H and O–H groups in total. The Morgan fingerprint density at radius 1 is 1.04 bits per heavy atom. The average molecular weight is 384 g/mol. The molecule has 0 aliphatic heterocycles. The van der Waals surface area contributed by atoms with Gasteiger partial charge >= 0.3 is 0 Å². The molecule has 28 heavy (non-hydrogen) atoms. The van der Waals surface area contributed by atoms with Crippen molar-refractivity contribution in [2.24, 2.45) is 5.92 Å². The van der Waals surface area contributed by atoms with E-state index in [2.05, 4.69) is 29.6 Å². The molecule has 4 heteroatoms. The Kier molecular flexibility index (Phi) is 8.68. The molecule has 0 spiro atoms. The molecule has 1 amide bonds. The highest BCUT2D eigenvalue weighted by Gasteiger charge is 2.23. The Morgan fingerprint density at radius 3 is 2.14 bits per heavy atom. The van der Waals surface area contributed by atoms with E-state index in [-0.39, 0.29) is 18.4 Å². The Bertz CT molecular complexity index is 699. The minimum atomic E-state index is -1.22. The van der Waals surface area contributed by atoms with E-state index in [1.54, 1.807) is 11.1 Å². The second kappa shape index (κ2) is 11.0. The summed E-state index contributed by atoms with van der Waals surface area (Å²) in [5, 5.41) is 21.1. The van der Waals surface area contributed by atoms with Crippen molar-refractivity contribution in [2.75, 3.05) is 6.61 Å². The van der Waals surface area contributed by atoms with Gasteiger partial charge in [0.15, 0.2) is 0 Å². The number of benzene rings is 2. The van der Waals surface area contributed by atoms with E-state index >= 15 is 0 Å². The van der Waals surface area contributed by atoms with Crippen LogP contribution in [-0.4, -0.2) is 28.5 Å². The van der Waals surface area contributed by atoms with Crippen LogP contribution in [0.25, 0.3) is 0 Å². The lowest BCUT2D eigenvalue weighted by molar-refractivity contribution is -0.131. The third-order valence-corrected chi connectivity index (χ3v) is 4.85. The molecule has 0 saturated carbocycles. The predicted octanol–water partition coefficient (Wildman–Crippen LogP) is 3.64. The van der Waals surface area contributed by atoms with Crippen molar-refractivity contribution in [3.05, 3.63) is 71.3 Å². The van der Waals surface area contributed by atoms with E-state index < -0.39 is 5.72 Å². The highest BCUT2D eigenvalue weighted by atomic mass is 16.3. The molecule has 0 heterocycles. The lowest BCUT2D eigenvalue weighted by Crippen LogP contribution is -2.46. The van der Waals surface area contributed by atoms with Crippen LogP contribution in [0.5, 0.6) is 0 Å². The number of fused-ring (bicyclic) bond motifs is 1. The van der Waals surface area contributed by atoms with Gasteiger partial charge in [-0.2, -0.15) is 0 Å². The number of aliphatic hydroxyl groups is 2. The van der Waals surface area contributed by atoms with E-state index in [0.29, 0.717) is 19.3 Å². The zero-order valence-corrected chi connectivity index (χ0v) is 17.0. The standard InChI is InChI=1S/C15H23NO3.C9H10/c1-15(2,19)16-14(18)13(9-6-10-17)11-12-7-4-3-5-8-12;1-2-5-9-7-3-6-8(9)4-1/h3-5,7-8,13,17,19H,6,9-11H2,1-2H3,(H,16,18);1-2,4-5H,3,6-7H2/t13-;/m0./s1. The zero-order valence-electron chi connectivity index (χ0n) is 17.0. The number of aliphatic hydroxyl groups excluding tert-OH is 1. The van der Waals surface area contributed by atoms with Gasteiger partial charge < -0.3 is 15.5 Å². The molecule has 3 rings (SSSR count). The number of aryl methyl sites for hydroxylation is 2. The maximum atomic E-state index is 12.1. The summed E-state index contributed by atoms with van der Waals surface area (Å²) in [4.78, 5) is 12.1. The highest BCUT2D eigenvalue weighted by Crippen LogP contribution is 2.20. The number of carbonyl (C=O) groups excluding carboxylic acids is 1. The van der Waals surface area contributed by atoms with Gasteiger partial charge in [0.25, 0.3) is 0 Å². The lowest BCUT2D eigenvalue weighted by Gasteiger charge is -2.24. The molecule has 2 aromatic carbocycles. The summed E-state index contributed by atoms with van der Waals surface area (Å²) in [5.74, 6) is -0.411. The van der Waals surface area contributed by atoms with Crippen LogP contribution >= 0.6 is 0 Å². The molecule has 0 fully saturated rings. The second-order valence-electron chi connectivity index (χ2n) is 7.92. The van der Waals surface area contributed by atoms with Crippen LogP contribution in [0.1, 0.15) is 49.8 Å². The van der Waals surface area contributed by atoms with Gasteiger partial charge in [0.1, 0.15) is 5.72 Å². The van der Waals surface area contributed by atoms with E-state index in [9.17, 15) is 9.90 Å². The van der Waals surface area contributed by atoms with Crippen LogP contribution in [0.15, 0.2) is 54.6 Å². The molecule has 1 aliphatic rings. The third-order valence-electron chi connectivity index (χ3n) is 4.85. The van der Waals surface area contributed by atoms with Crippen LogP contribution in [0.4, 0.5) is 0 Å². The molecular formula is C24H33NO3. The molecule has 0 saturated heterocycles. The summed E-state index contributed by atoms with van der Waals surface area (Å²) in [6.45, 7) is 3.15. The van der Waals surface area contributed by atoms with Gasteiger partial charge in [-0.25, -0.2) is 0 Å². The van der Waals surface area contributed by atoms with Gasteiger partial charge in [-0.1, -0.05) is 54.6 Å². The predicted molar refractivity (Wildman–Crippen MR) is 113 cm³/mol. The number of amides is 1. The van der Waals surface area contributed by atoms with E-state index in [1.807, 2.05) is 30.3 Å². The number of nitrogens with one attached hydrogen (secondary N) is 1. The Balaban J connectivity index is 0.000000255. The molecule has 0 unspecified atom stereocenters. The van der Waals surface area contributed by atoms with Crippen molar-refractivity contribution in [3.63, 3.8) is 0 Å². The number of hydrogen-bond acceptors (Lipinski definition) is 3. The van der Waals surface area contributed by atoms with E-state index in [4.69, 9.17) is 5.11 Å². The van der Waals surface area contributed by atoms with Gasteiger partial charge in [0, 0.05) is 12.5 Å². The SMILES string of the molecule is CC(C)(O)NC(=O)[C@@H](CCCO)Cc1ccccc1.c1ccc2c(c1)CCC2. The topological polar surface area (TPSA) is 69.6 Å². The third kappa shape index (κ3) is 7.83. The second-order valence-corrected chi connectivity index (χ2v) is 7.92. The first-order chi connectivity index (χ1) is 13.4. The quantitative estimate of drug-likeness (QED) is 0.640. The molecule has 1 atom stereocenters. The first-order valence-electron chi connectivity index (χ1n) is 10.1. The summed E-state index contributed by atoms with van der Waals surface area (Å²) in [6.07, 6.45) is 5.76. The molecule has 4 nitrogen and oxygen atoms in total. The van der Waals surface area contributed by atoms with Crippen molar-refractivity contribution >= 4 is 5.91 Å². The molecule has 0 aromatic heterocycles. The van der Waals surface area contributed by atoms with Crippen LogP contribution in [0.3, 0.4) is 0 Å². The number of rotatable bonds is 7. The minimum absolute atomic E-state index is 0.0705. The molecule has 0 bridgehead atoms. The van der Waals surface area contributed by atoms with Gasteiger partial charge in [0.2, 0.25) is 5.91 Å². The fourth-order valence-corrected chi connectivity index (χ4v) is 3.48. The normalized spacial score (nSPS) is 13.9. The van der Waals surface area contributed by atoms with Crippen molar-refractivity contribution in [1.29, 1.82) is 0 Å². The van der Waals surface area contributed by atoms with Crippen molar-refractivity contribution in [2.45, 2.75) is 58.1 Å². The fraction of sp³-hybridized carbons (Fsp3) is 0.458. The molecule has 1 aliphatic carbocycles. The summed E-state index contributed by atoms with van der Waals surface area (Å²) >= 11 is 0. The molecule has 152 valence electrons. The summed E-state index contributed by atoms with van der Waals surface area (Å²) in [6, 6.07) is 18.5. The van der Waals surface area contributed by atoms with Crippen LogP contribution in [-0.2, 0) is 24.1 Å². The first-order valence-corrected chi connectivity index (χ1v) is 10.1. The Hall–Kier alpha value is -2.17. The maximum Gasteiger partial charge on any atom is 0.225 e. The molecule has 2 aromatic rings. The van der Waals surface area contributed by atoms with Crippen molar-refractivity contribution < 1.29 is 15.0 Å². The van der Waals surface area contributed by atoms with Crippen LogP contribution in [0.2, 0.25) is 0 Å².